The van der Waals surface area contributed by atoms with E-state index < -0.39 is 6.10 Å². The van der Waals surface area contributed by atoms with Crippen molar-refractivity contribution in [3.63, 3.8) is 0 Å². The van der Waals surface area contributed by atoms with Gasteiger partial charge in [0.05, 0.1) is 0 Å². The predicted molar refractivity (Wildman–Crippen MR) is 293 cm³/mol. The van der Waals surface area contributed by atoms with Gasteiger partial charge in [-0.15, -0.1) is 0 Å². The monoisotopic (exact) mass is 949 g/mol. The molecule has 0 aliphatic carbocycles. The van der Waals surface area contributed by atoms with Crippen molar-refractivity contribution >= 4 is 17.9 Å². The number of unbranched alkanes of at least 4 members (excludes halogenated alkanes) is 29. The van der Waals surface area contributed by atoms with Crippen LogP contribution in [0.2, 0.25) is 0 Å². The van der Waals surface area contributed by atoms with Crippen LogP contribution in [0.5, 0.6) is 0 Å². The van der Waals surface area contributed by atoms with Crippen molar-refractivity contribution in [1.82, 2.24) is 0 Å². The number of carbonyl (C=O) groups is 3. The van der Waals surface area contributed by atoms with Gasteiger partial charge >= 0.3 is 17.9 Å². The highest BCUT2D eigenvalue weighted by Crippen LogP contribution is 2.16. The maximum absolute atomic E-state index is 12.9. The molecule has 1 atom stereocenters. The first-order chi connectivity index (χ1) is 33.5. The van der Waals surface area contributed by atoms with Gasteiger partial charge in [-0.25, -0.2) is 0 Å². The molecule has 0 heterocycles. The summed E-state index contributed by atoms with van der Waals surface area (Å²) in [7, 11) is 0. The van der Waals surface area contributed by atoms with Gasteiger partial charge in [-0.2, -0.15) is 0 Å². The summed E-state index contributed by atoms with van der Waals surface area (Å²) >= 11 is 0. The molecule has 68 heavy (non-hydrogen) atoms. The molecule has 0 unspecified atom stereocenters. The minimum atomic E-state index is -0.802. The number of hydrogen-bond donors (Lipinski definition) is 0. The van der Waals surface area contributed by atoms with Crippen LogP contribution in [0.1, 0.15) is 284 Å². The fourth-order valence-corrected chi connectivity index (χ4v) is 8.18. The molecule has 6 heteroatoms. The van der Waals surface area contributed by atoms with Crippen LogP contribution in [-0.2, 0) is 28.6 Å². The molecule has 6 nitrogen and oxygen atoms in total. The van der Waals surface area contributed by atoms with Crippen molar-refractivity contribution in [3.05, 3.63) is 72.9 Å². The van der Waals surface area contributed by atoms with Crippen LogP contribution in [-0.4, -0.2) is 37.2 Å². The molecule has 0 aromatic carbocycles. The summed E-state index contributed by atoms with van der Waals surface area (Å²) < 4.78 is 16.8. The lowest BCUT2D eigenvalue weighted by molar-refractivity contribution is -0.166. The van der Waals surface area contributed by atoms with E-state index in [2.05, 4.69) is 87.6 Å². The topological polar surface area (TPSA) is 78.9 Å². The van der Waals surface area contributed by atoms with Crippen LogP contribution in [0.4, 0.5) is 0 Å². The second kappa shape index (κ2) is 56.4. The normalized spacial score (nSPS) is 12.6. The molecule has 0 aliphatic heterocycles. The minimum absolute atomic E-state index is 0.0946. The average molecular weight is 950 g/mol. The SMILES string of the molecule is CC/C=C/C/C=C/C/C=C/C/C=C/C/C=C/C/C=C/CCC(=O)OC[C@@H](COC(=O)CCCCCCCCCCCCCCCC)OC(=O)CCCCCCCCCCCCCCCCCCC. The lowest BCUT2D eigenvalue weighted by Crippen LogP contribution is -2.30. The van der Waals surface area contributed by atoms with Gasteiger partial charge in [0.15, 0.2) is 6.10 Å². The lowest BCUT2D eigenvalue weighted by atomic mass is 10.0. The number of allylic oxidation sites excluding steroid dienone is 12. The summed E-state index contributed by atoms with van der Waals surface area (Å²) in [6.07, 6.45) is 71.9. The summed E-state index contributed by atoms with van der Waals surface area (Å²) in [5, 5.41) is 0. The Morgan fingerprint density at radius 1 is 0.309 bits per heavy atom. The Hall–Kier alpha value is -3.15. The van der Waals surface area contributed by atoms with Crippen molar-refractivity contribution in [1.29, 1.82) is 0 Å². The molecular weight excluding hydrogens is 841 g/mol. The van der Waals surface area contributed by atoms with Crippen LogP contribution >= 0.6 is 0 Å². The first-order valence-corrected chi connectivity index (χ1v) is 28.9. The van der Waals surface area contributed by atoms with Gasteiger partial charge in [0.1, 0.15) is 13.2 Å². The van der Waals surface area contributed by atoms with Gasteiger partial charge in [0.2, 0.25) is 0 Å². The zero-order valence-electron chi connectivity index (χ0n) is 44.9. The number of carbonyl (C=O) groups excluding carboxylic acids is 3. The number of esters is 3. The third-order valence-corrected chi connectivity index (χ3v) is 12.5. The molecule has 0 aromatic heterocycles. The largest absolute Gasteiger partial charge is 0.462 e. The Balaban J connectivity index is 4.46. The molecule has 0 bridgehead atoms. The summed E-state index contributed by atoms with van der Waals surface area (Å²) in [4.78, 5) is 38.1. The van der Waals surface area contributed by atoms with Crippen LogP contribution < -0.4 is 0 Å². The maximum Gasteiger partial charge on any atom is 0.306 e. The van der Waals surface area contributed by atoms with E-state index in [1.165, 1.54) is 161 Å². The van der Waals surface area contributed by atoms with Crippen LogP contribution in [0, 0.1) is 0 Å². The molecule has 0 N–H and O–H groups in total. The van der Waals surface area contributed by atoms with Crippen LogP contribution in [0.15, 0.2) is 72.9 Å². The molecule has 0 aliphatic rings. The first-order valence-electron chi connectivity index (χ1n) is 28.9. The highest BCUT2D eigenvalue weighted by molar-refractivity contribution is 5.71. The Kier molecular flexibility index (Phi) is 53.8. The second-order valence-electron chi connectivity index (χ2n) is 19.2. The van der Waals surface area contributed by atoms with Crippen molar-refractivity contribution in [2.75, 3.05) is 13.2 Å². The van der Waals surface area contributed by atoms with E-state index in [4.69, 9.17) is 14.2 Å². The highest BCUT2D eigenvalue weighted by Gasteiger charge is 2.19. The zero-order valence-corrected chi connectivity index (χ0v) is 44.9. The first kappa shape index (κ1) is 64.8. The summed E-state index contributed by atoms with van der Waals surface area (Å²) in [6.45, 7) is 6.49. The standard InChI is InChI=1S/C62H108O6/c1-4-7-10-13-16-19-22-25-28-30-31-33-34-37-40-43-46-49-52-55-61(64)67-58-59(57-66-60(63)54-51-48-45-42-39-36-27-24-21-18-15-12-9-6-3)68-62(65)56-53-50-47-44-41-38-35-32-29-26-23-20-17-14-11-8-5-2/h7,10,16,19,25,28,31,33,37,40,46,49,59H,4-6,8-9,11-15,17-18,20-24,26-27,29-30,32,34-36,38-39,41-45,47-48,50-58H2,1-3H3/b10-7+,19-16+,28-25+,33-31+,40-37+,49-46+/t59-/m1/s1. The van der Waals surface area contributed by atoms with E-state index >= 15 is 0 Å². The van der Waals surface area contributed by atoms with Crippen molar-refractivity contribution in [2.24, 2.45) is 0 Å². The van der Waals surface area contributed by atoms with Gasteiger partial charge in [-0.1, -0.05) is 280 Å². The van der Waals surface area contributed by atoms with E-state index in [0.29, 0.717) is 19.3 Å². The van der Waals surface area contributed by atoms with Crippen LogP contribution in [0.25, 0.3) is 0 Å². The number of ether oxygens (including phenoxy) is 3. The quantitative estimate of drug-likeness (QED) is 0.0262. The molecule has 0 saturated heterocycles. The average Bonchev–Trinajstić information content (AvgIpc) is 3.34. The molecule has 0 aromatic rings. The molecule has 0 fully saturated rings. The third kappa shape index (κ3) is 53.8. The van der Waals surface area contributed by atoms with Gasteiger partial charge in [0, 0.05) is 19.3 Å². The Morgan fingerprint density at radius 3 is 0.897 bits per heavy atom. The van der Waals surface area contributed by atoms with E-state index in [9.17, 15) is 14.4 Å². The number of hydrogen-bond acceptors (Lipinski definition) is 6. The van der Waals surface area contributed by atoms with Gasteiger partial charge < -0.3 is 14.2 Å². The highest BCUT2D eigenvalue weighted by atomic mass is 16.6. The van der Waals surface area contributed by atoms with E-state index in [1.54, 1.807) is 0 Å². The minimum Gasteiger partial charge on any atom is -0.462 e. The number of rotatable bonds is 52. The second-order valence-corrected chi connectivity index (χ2v) is 19.2. The van der Waals surface area contributed by atoms with E-state index in [0.717, 1.165) is 77.0 Å². The van der Waals surface area contributed by atoms with Gasteiger partial charge in [0.25, 0.3) is 0 Å². The summed E-state index contributed by atoms with van der Waals surface area (Å²) in [5.74, 6) is -0.970. The lowest BCUT2D eigenvalue weighted by Gasteiger charge is -2.18. The molecule has 0 spiro atoms. The molecule has 0 saturated carbocycles. The molecule has 392 valence electrons. The molecule has 0 amide bonds. The maximum atomic E-state index is 12.9. The van der Waals surface area contributed by atoms with E-state index in [1.807, 2.05) is 6.08 Å². The summed E-state index contributed by atoms with van der Waals surface area (Å²) in [5.41, 5.74) is 0. The van der Waals surface area contributed by atoms with E-state index in [-0.39, 0.29) is 37.5 Å². The fourth-order valence-electron chi connectivity index (χ4n) is 8.18. The van der Waals surface area contributed by atoms with Gasteiger partial charge in [-0.05, 0) is 57.8 Å². The fraction of sp³-hybridized carbons (Fsp3) is 0.758. The molecule has 0 radical (unpaired) electrons. The Morgan fingerprint density at radius 2 is 0.574 bits per heavy atom. The third-order valence-electron chi connectivity index (χ3n) is 12.5. The Bertz CT molecular complexity index is 1270. The van der Waals surface area contributed by atoms with Crippen molar-refractivity contribution < 1.29 is 28.6 Å². The van der Waals surface area contributed by atoms with Gasteiger partial charge in [-0.3, -0.25) is 14.4 Å². The predicted octanol–water partition coefficient (Wildman–Crippen LogP) is 19.4. The Labute approximate surface area is 421 Å². The van der Waals surface area contributed by atoms with Crippen molar-refractivity contribution in [2.45, 2.75) is 290 Å². The zero-order chi connectivity index (χ0) is 49.3. The molecular formula is C62H108O6. The smallest absolute Gasteiger partial charge is 0.306 e. The van der Waals surface area contributed by atoms with Crippen LogP contribution in [0.3, 0.4) is 0 Å². The van der Waals surface area contributed by atoms with Crippen molar-refractivity contribution in [3.8, 4) is 0 Å². The molecule has 0 rings (SSSR count). The summed E-state index contributed by atoms with van der Waals surface area (Å²) in [6, 6.07) is 0.